The van der Waals surface area contributed by atoms with Gasteiger partial charge in [0.2, 0.25) is 0 Å². The maximum absolute atomic E-state index is 12.3. The van der Waals surface area contributed by atoms with Crippen molar-refractivity contribution in [3.8, 4) is 0 Å². The number of anilines is 1. The molecule has 0 amide bonds. The van der Waals surface area contributed by atoms with E-state index in [0.717, 1.165) is 12.1 Å². The van der Waals surface area contributed by atoms with E-state index in [4.69, 9.17) is 5.73 Å². The largest absolute Gasteiger partial charge is 0.398 e. The smallest absolute Gasteiger partial charge is 0.297 e. The van der Waals surface area contributed by atoms with E-state index in [9.17, 15) is 38.9 Å². The summed E-state index contributed by atoms with van der Waals surface area (Å²) in [6.45, 7) is 0. The summed E-state index contributed by atoms with van der Waals surface area (Å²) >= 11 is 0. The Morgan fingerprint density at radius 1 is 0.489 bits per heavy atom. The molecule has 14 nitrogen and oxygen atoms in total. The molecule has 0 aromatic heterocycles. The molecule has 0 aliphatic heterocycles. The quantitative estimate of drug-likeness (QED) is 0.0739. The molecule has 0 bridgehead atoms. The standard InChI is InChI=1S/C30H21N5O9S3/c31-23-11-13-25(21-6-3-7-28(29(21)23)46(39,40)41)33-34-26-15-14-24(20-10-9-18(16-22(20)26)45(36,37)38)32-35-27-12-8-17-4-1-2-5-19(17)30(27)47(42,43)44/h1-16H,31H2,(H,36,37,38)(H,39,40,41)(H,42,43,44). The molecule has 0 aliphatic carbocycles. The van der Waals surface area contributed by atoms with Gasteiger partial charge in [0, 0.05) is 32.6 Å². The van der Waals surface area contributed by atoms with Gasteiger partial charge in [0.25, 0.3) is 30.4 Å². The van der Waals surface area contributed by atoms with Crippen molar-refractivity contribution in [2.24, 2.45) is 20.5 Å². The summed E-state index contributed by atoms with van der Waals surface area (Å²) in [5, 5.41) is 18.2. The van der Waals surface area contributed by atoms with Crippen LogP contribution in [0.25, 0.3) is 32.3 Å². The first-order valence-electron chi connectivity index (χ1n) is 13.3. The Balaban J connectivity index is 1.51. The van der Waals surface area contributed by atoms with Gasteiger partial charge in [0.1, 0.15) is 15.5 Å². The van der Waals surface area contributed by atoms with Crippen LogP contribution < -0.4 is 5.73 Å². The molecule has 0 atom stereocenters. The van der Waals surface area contributed by atoms with E-state index in [1.165, 1.54) is 60.7 Å². The summed E-state index contributed by atoms with van der Waals surface area (Å²) in [6, 6.07) is 22.9. The van der Waals surface area contributed by atoms with E-state index in [1.807, 2.05) is 0 Å². The zero-order valence-corrected chi connectivity index (χ0v) is 26.1. The first kappa shape index (κ1) is 31.8. The minimum atomic E-state index is -4.73. The van der Waals surface area contributed by atoms with Gasteiger partial charge in [-0.05, 0) is 53.9 Å². The molecular formula is C30H21N5O9S3. The topological polar surface area (TPSA) is 239 Å². The van der Waals surface area contributed by atoms with Crippen molar-refractivity contribution >= 4 is 91.1 Å². The van der Waals surface area contributed by atoms with Crippen LogP contribution in [0.2, 0.25) is 0 Å². The van der Waals surface area contributed by atoms with Crippen LogP contribution in [-0.2, 0) is 30.4 Å². The molecule has 5 N–H and O–H groups in total. The van der Waals surface area contributed by atoms with Crippen molar-refractivity contribution in [1.82, 2.24) is 0 Å². The van der Waals surface area contributed by atoms with E-state index < -0.39 is 45.0 Å². The fourth-order valence-electron chi connectivity index (χ4n) is 5.11. The molecule has 0 radical (unpaired) electrons. The average Bonchev–Trinajstić information content (AvgIpc) is 3.01. The molecule has 0 heterocycles. The second-order valence-corrected chi connectivity index (χ2v) is 14.3. The Labute approximate surface area is 267 Å². The number of nitrogen functional groups attached to an aromatic ring is 1. The average molecular weight is 692 g/mol. The molecule has 0 saturated carbocycles. The van der Waals surface area contributed by atoms with Gasteiger partial charge in [-0.3, -0.25) is 13.7 Å². The van der Waals surface area contributed by atoms with Crippen LogP contribution in [0.3, 0.4) is 0 Å². The highest BCUT2D eigenvalue weighted by Gasteiger charge is 2.21. The van der Waals surface area contributed by atoms with Crippen molar-refractivity contribution < 1.29 is 38.9 Å². The van der Waals surface area contributed by atoms with Crippen molar-refractivity contribution in [3.05, 3.63) is 97.1 Å². The van der Waals surface area contributed by atoms with Crippen LogP contribution in [-0.4, -0.2) is 38.9 Å². The zero-order chi connectivity index (χ0) is 33.7. The zero-order valence-electron chi connectivity index (χ0n) is 23.6. The van der Waals surface area contributed by atoms with Crippen molar-refractivity contribution in [1.29, 1.82) is 0 Å². The highest BCUT2D eigenvalue weighted by atomic mass is 32.2. The van der Waals surface area contributed by atoms with E-state index in [2.05, 4.69) is 20.5 Å². The van der Waals surface area contributed by atoms with Crippen LogP contribution >= 0.6 is 0 Å². The molecule has 47 heavy (non-hydrogen) atoms. The third kappa shape index (κ3) is 6.18. The number of nitrogens with zero attached hydrogens (tertiary/aromatic N) is 4. The SMILES string of the molecule is Nc1ccc(N=Nc2ccc(N=Nc3ccc4ccccc4c3S(=O)(=O)O)c3ccc(S(=O)(=O)O)cc23)c2cccc(S(=O)(=O)O)c12. The Kier molecular flexibility index (Phi) is 7.83. The third-order valence-corrected chi connectivity index (χ3v) is 9.87. The van der Waals surface area contributed by atoms with Gasteiger partial charge in [0.05, 0.1) is 22.0 Å². The Morgan fingerprint density at radius 2 is 1.06 bits per heavy atom. The minimum absolute atomic E-state index is 0.0266. The number of benzene rings is 6. The lowest BCUT2D eigenvalue weighted by molar-refractivity contribution is 0.481. The van der Waals surface area contributed by atoms with Crippen LogP contribution in [0.15, 0.2) is 132 Å². The summed E-state index contributed by atoms with van der Waals surface area (Å²) < 4.78 is 102. The molecule has 0 saturated heterocycles. The summed E-state index contributed by atoms with van der Waals surface area (Å²) in [7, 11) is -14.0. The van der Waals surface area contributed by atoms with Crippen molar-refractivity contribution in [3.63, 3.8) is 0 Å². The maximum Gasteiger partial charge on any atom is 0.297 e. The highest BCUT2D eigenvalue weighted by molar-refractivity contribution is 7.86. The normalized spacial score (nSPS) is 13.0. The first-order chi connectivity index (χ1) is 22.1. The van der Waals surface area contributed by atoms with Crippen molar-refractivity contribution in [2.75, 3.05) is 5.73 Å². The number of rotatable bonds is 7. The fourth-order valence-corrected chi connectivity index (χ4v) is 7.19. The Bertz CT molecular complexity index is 2680. The second kappa shape index (κ2) is 11.6. The van der Waals surface area contributed by atoms with Gasteiger partial charge in [-0.25, -0.2) is 0 Å². The van der Waals surface area contributed by atoms with Gasteiger partial charge >= 0.3 is 0 Å². The second-order valence-electron chi connectivity index (χ2n) is 10.1. The number of azo groups is 2. The highest BCUT2D eigenvalue weighted by Crippen LogP contribution is 2.40. The molecule has 6 rings (SSSR count). The molecule has 6 aromatic carbocycles. The predicted octanol–water partition coefficient (Wildman–Crippen LogP) is 7.30. The molecule has 17 heteroatoms. The lowest BCUT2D eigenvalue weighted by Gasteiger charge is -2.09. The number of nitrogens with two attached hydrogens (primary N) is 1. The third-order valence-electron chi connectivity index (χ3n) is 7.18. The van der Waals surface area contributed by atoms with E-state index in [1.54, 1.807) is 24.3 Å². The summed E-state index contributed by atoms with van der Waals surface area (Å²) in [5.74, 6) is 0. The van der Waals surface area contributed by atoms with Crippen LogP contribution in [0.5, 0.6) is 0 Å². The van der Waals surface area contributed by atoms with Gasteiger partial charge in [-0.2, -0.15) is 25.3 Å². The van der Waals surface area contributed by atoms with Gasteiger partial charge in [-0.1, -0.05) is 48.5 Å². The summed E-state index contributed by atoms with van der Waals surface area (Å²) in [4.78, 5) is -1.34. The first-order valence-corrected chi connectivity index (χ1v) is 17.6. The predicted molar refractivity (Wildman–Crippen MR) is 174 cm³/mol. The van der Waals surface area contributed by atoms with Gasteiger partial charge < -0.3 is 5.73 Å². The van der Waals surface area contributed by atoms with E-state index >= 15 is 0 Å². The minimum Gasteiger partial charge on any atom is -0.398 e. The molecule has 0 unspecified atom stereocenters. The molecule has 0 fully saturated rings. The van der Waals surface area contributed by atoms with Crippen LogP contribution in [0.1, 0.15) is 0 Å². The molecule has 0 aliphatic rings. The molecule has 6 aromatic rings. The maximum atomic E-state index is 12.3. The van der Waals surface area contributed by atoms with Crippen molar-refractivity contribution in [2.45, 2.75) is 14.7 Å². The monoisotopic (exact) mass is 691 g/mol. The molecular weight excluding hydrogens is 671 g/mol. The lowest BCUT2D eigenvalue weighted by Crippen LogP contribution is -2.01. The summed E-state index contributed by atoms with van der Waals surface area (Å²) in [5.41, 5.74) is 6.33. The molecule has 238 valence electrons. The Morgan fingerprint density at radius 3 is 1.72 bits per heavy atom. The summed E-state index contributed by atoms with van der Waals surface area (Å²) in [6.07, 6.45) is 0. The Hall–Kier alpha value is -5.17. The number of hydrogen-bond donors (Lipinski definition) is 4. The van der Waals surface area contributed by atoms with Crippen LogP contribution in [0, 0.1) is 0 Å². The van der Waals surface area contributed by atoms with Gasteiger partial charge in [0.15, 0.2) is 0 Å². The number of hydrogen-bond acceptors (Lipinski definition) is 11. The van der Waals surface area contributed by atoms with Gasteiger partial charge in [-0.15, -0.1) is 20.5 Å². The number of fused-ring (bicyclic) bond motifs is 3. The van der Waals surface area contributed by atoms with E-state index in [-0.39, 0.29) is 55.4 Å². The lowest BCUT2D eigenvalue weighted by atomic mass is 10.1. The molecule has 0 spiro atoms. The van der Waals surface area contributed by atoms with Crippen LogP contribution in [0.4, 0.5) is 28.4 Å². The van der Waals surface area contributed by atoms with E-state index in [0.29, 0.717) is 5.39 Å². The fraction of sp³-hybridized carbons (Fsp3) is 0.